The molecule has 20 heavy (non-hydrogen) atoms. The van der Waals surface area contributed by atoms with E-state index in [0.29, 0.717) is 13.1 Å². The Hall–Kier alpha value is -2.36. The quantitative estimate of drug-likeness (QED) is 0.725. The van der Waals surface area contributed by atoms with Crippen LogP contribution in [-0.2, 0) is 6.54 Å². The summed E-state index contributed by atoms with van der Waals surface area (Å²) in [5.41, 5.74) is 5.01. The minimum absolute atomic E-state index is 0.104. The maximum atomic E-state index is 11.8. The van der Waals surface area contributed by atoms with Crippen LogP contribution < -0.4 is 16.6 Å². The normalized spacial score (nSPS) is 9.65. The van der Waals surface area contributed by atoms with Crippen LogP contribution in [0.2, 0.25) is 0 Å². The van der Waals surface area contributed by atoms with Crippen molar-refractivity contribution < 1.29 is 4.79 Å². The summed E-state index contributed by atoms with van der Waals surface area (Å²) in [6.07, 6.45) is 1.49. The second kappa shape index (κ2) is 6.70. The summed E-state index contributed by atoms with van der Waals surface area (Å²) in [5.74, 6) is 5.31. The third-order valence-electron chi connectivity index (χ3n) is 2.46. The molecule has 2 rings (SSSR count). The third kappa shape index (κ3) is 3.57. The van der Waals surface area contributed by atoms with Crippen LogP contribution >= 0.6 is 11.3 Å². The summed E-state index contributed by atoms with van der Waals surface area (Å²) in [5, 5.41) is 2.70. The lowest BCUT2D eigenvalue weighted by Crippen LogP contribution is -2.28. The van der Waals surface area contributed by atoms with E-state index in [0.717, 1.165) is 9.75 Å². The van der Waals surface area contributed by atoms with Gasteiger partial charge in [-0.1, -0.05) is 11.8 Å². The van der Waals surface area contributed by atoms with Gasteiger partial charge in [0.2, 0.25) is 0 Å². The van der Waals surface area contributed by atoms with Crippen molar-refractivity contribution in [1.82, 2.24) is 10.3 Å². The number of nitrogens with two attached hydrogens (primary N) is 1. The SMILES string of the molecule is NCC#Cc1ccc(CNC(=O)c2ccc[nH]c2=O)s1. The Bertz CT molecular complexity index is 722. The van der Waals surface area contributed by atoms with Gasteiger partial charge in [-0.3, -0.25) is 9.59 Å². The van der Waals surface area contributed by atoms with Gasteiger partial charge in [0.1, 0.15) is 5.56 Å². The number of carbonyl (C=O) groups excluding carboxylic acids is 1. The molecule has 0 aromatic carbocycles. The van der Waals surface area contributed by atoms with Crippen molar-refractivity contribution in [3.05, 3.63) is 56.1 Å². The predicted octanol–water partition coefficient (Wildman–Crippen LogP) is 0.677. The highest BCUT2D eigenvalue weighted by atomic mass is 32.1. The molecule has 0 fully saturated rings. The molecule has 2 aromatic heterocycles. The molecule has 6 heteroatoms. The molecule has 0 radical (unpaired) electrons. The van der Waals surface area contributed by atoms with Gasteiger partial charge in [-0.25, -0.2) is 0 Å². The van der Waals surface area contributed by atoms with Crippen molar-refractivity contribution in [1.29, 1.82) is 0 Å². The zero-order chi connectivity index (χ0) is 14.4. The summed E-state index contributed by atoms with van der Waals surface area (Å²) in [6.45, 7) is 0.683. The Labute approximate surface area is 119 Å². The van der Waals surface area contributed by atoms with Crippen molar-refractivity contribution in [2.24, 2.45) is 5.73 Å². The molecular formula is C14H13N3O2S. The molecule has 0 spiro atoms. The molecule has 0 atom stereocenters. The molecular weight excluding hydrogens is 274 g/mol. The standard InChI is InChI=1S/C14H13N3O2S/c15-7-1-3-10-5-6-11(20-10)9-17-14(19)12-4-2-8-16-13(12)18/h2,4-6,8H,7,9,15H2,(H,16,18)(H,17,19). The first kappa shape index (κ1) is 14.1. The van der Waals surface area contributed by atoms with E-state index in [1.54, 1.807) is 6.07 Å². The number of pyridine rings is 1. The number of aromatic nitrogens is 1. The number of rotatable bonds is 3. The largest absolute Gasteiger partial charge is 0.347 e. The Balaban J connectivity index is 1.99. The van der Waals surface area contributed by atoms with Crippen LogP contribution in [0.4, 0.5) is 0 Å². The van der Waals surface area contributed by atoms with Gasteiger partial charge in [-0.2, -0.15) is 0 Å². The van der Waals surface area contributed by atoms with Crippen LogP contribution in [0.25, 0.3) is 0 Å². The highest BCUT2D eigenvalue weighted by Gasteiger charge is 2.09. The summed E-state index contributed by atoms with van der Waals surface area (Å²) in [6, 6.07) is 6.87. The topological polar surface area (TPSA) is 88.0 Å². The summed E-state index contributed by atoms with van der Waals surface area (Å²) >= 11 is 1.48. The lowest BCUT2D eigenvalue weighted by molar-refractivity contribution is 0.0950. The van der Waals surface area contributed by atoms with E-state index in [9.17, 15) is 9.59 Å². The Kier molecular flexibility index (Phi) is 4.71. The number of H-pyrrole nitrogens is 1. The average molecular weight is 287 g/mol. The molecule has 0 bridgehead atoms. The molecule has 0 saturated carbocycles. The molecule has 4 N–H and O–H groups in total. The van der Waals surface area contributed by atoms with Gasteiger partial charge in [0.05, 0.1) is 18.0 Å². The van der Waals surface area contributed by atoms with Crippen molar-refractivity contribution in [2.75, 3.05) is 6.54 Å². The Morgan fingerprint density at radius 3 is 3.00 bits per heavy atom. The molecule has 0 saturated heterocycles. The van der Waals surface area contributed by atoms with Gasteiger partial charge in [0.15, 0.2) is 0 Å². The number of hydrogen-bond donors (Lipinski definition) is 3. The maximum absolute atomic E-state index is 11.8. The van der Waals surface area contributed by atoms with Crippen molar-refractivity contribution in [2.45, 2.75) is 6.54 Å². The first-order valence-corrected chi connectivity index (χ1v) is 6.76. The van der Waals surface area contributed by atoms with E-state index in [2.05, 4.69) is 22.1 Å². The second-order valence-electron chi connectivity index (χ2n) is 3.87. The molecule has 0 unspecified atom stereocenters. The summed E-state index contributed by atoms with van der Waals surface area (Å²) in [4.78, 5) is 27.6. The Morgan fingerprint density at radius 1 is 1.40 bits per heavy atom. The van der Waals surface area contributed by atoms with Gasteiger partial charge in [-0.15, -0.1) is 11.3 Å². The maximum Gasteiger partial charge on any atom is 0.260 e. The fraction of sp³-hybridized carbons (Fsp3) is 0.143. The number of carbonyl (C=O) groups is 1. The molecule has 1 amide bonds. The molecule has 5 nitrogen and oxygen atoms in total. The number of thiophene rings is 1. The number of amides is 1. The predicted molar refractivity (Wildman–Crippen MR) is 78.5 cm³/mol. The smallest absolute Gasteiger partial charge is 0.260 e. The van der Waals surface area contributed by atoms with Gasteiger partial charge in [0, 0.05) is 11.1 Å². The fourth-order valence-corrected chi connectivity index (χ4v) is 2.36. The minimum Gasteiger partial charge on any atom is -0.347 e. The van der Waals surface area contributed by atoms with E-state index < -0.39 is 11.5 Å². The third-order valence-corrected chi connectivity index (χ3v) is 3.46. The van der Waals surface area contributed by atoms with Crippen LogP contribution in [0, 0.1) is 11.8 Å². The van der Waals surface area contributed by atoms with E-state index in [1.165, 1.54) is 23.6 Å². The number of hydrogen-bond acceptors (Lipinski definition) is 4. The zero-order valence-electron chi connectivity index (χ0n) is 10.6. The average Bonchev–Trinajstić information content (AvgIpc) is 2.91. The van der Waals surface area contributed by atoms with Crippen LogP contribution in [-0.4, -0.2) is 17.4 Å². The van der Waals surface area contributed by atoms with Gasteiger partial charge in [0.25, 0.3) is 11.5 Å². The van der Waals surface area contributed by atoms with Gasteiger partial charge < -0.3 is 16.0 Å². The molecule has 102 valence electrons. The highest BCUT2D eigenvalue weighted by molar-refractivity contribution is 7.12. The summed E-state index contributed by atoms with van der Waals surface area (Å²) < 4.78 is 0. The van der Waals surface area contributed by atoms with Crippen LogP contribution in [0.1, 0.15) is 20.1 Å². The van der Waals surface area contributed by atoms with E-state index >= 15 is 0 Å². The van der Waals surface area contributed by atoms with E-state index in [4.69, 9.17) is 5.73 Å². The van der Waals surface area contributed by atoms with Crippen LogP contribution in [0.5, 0.6) is 0 Å². The molecule has 0 aliphatic carbocycles. The van der Waals surface area contributed by atoms with Crippen molar-refractivity contribution >= 4 is 17.2 Å². The monoisotopic (exact) mass is 287 g/mol. The first-order chi connectivity index (χ1) is 9.70. The Morgan fingerprint density at radius 2 is 2.25 bits per heavy atom. The number of nitrogens with one attached hydrogen (secondary N) is 2. The zero-order valence-corrected chi connectivity index (χ0v) is 11.4. The van der Waals surface area contributed by atoms with Crippen molar-refractivity contribution in [3.8, 4) is 11.8 Å². The lowest BCUT2D eigenvalue weighted by Gasteiger charge is -2.02. The molecule has 0 aliphatic heterocycles. The van der Waals surface area contributed by atoms with Gasteiger partial charge >= 0.3 is 0 Å². The molecule has 0 aliphatic rings. The molecule has 2 aromatic rings. The van der Waals surface area contributed by atoms with Crippen LogP contribution in [0.3, 0.4) is 0 Å². The lowest BCUT2D eigenvalue weighted by atomic mass is 10.2. The van der Waals surface area contributed by atoms with Crippen LogP contribution in [0.15, 0.2) is 35.3 Å². The fourth-order valence-electron chi connectivity index (χ4n) is 1.54. The molecule has 2 heterocycles. The van der Waals surface area contributed by atoms with Crippen molar-refractivity contribution in [3.63, 3.8) is 0 Å². The first-order valence-electron chi connectivity index (χ1n) is 5.94. The van der Waals surface area contributed by atoms with Gasteiger partial charge in [-0.05, 0) is 24.3 Å². The minimum atomic E-state index is -0.398. The van der Waals surface area contributed by atoms with E-state index in [1.807, 2.05) is 12.1 Å². The number of aromatic amines is 1. The highest BCUT2D eigenvalue weighted by Crippen LogP contribution is 2.15. The summed E-state index contributed by atoms with van der Waals surface area (Å²) in [7, 11) is 0. The van der Waals surface area contributed by atoms with E-state index in [-0.39, 0.29) is 5.56 Å². The second-order valence-corrected chi connectivity index (χ2v) is 5.04.